The topological polar surface area (TPSA) is 41.5 Å². The minimum Gasteiger partial charge on any atom is -0.386 e. The number of rotatable bonds is 3. The van der Waals surface area contributed by atoms with Gasteiger partial charge in [-0.25, -0.2) is 0 Å². The van der Waals surface area contributed by atoms with Crippen LogP contribution in [0.3, 0.4) is 0 Å². The summed E-state index contributed by atoms with van der Waals surface area (Å²) >= 11 is 1.86. The van der Waals surface area contributed by atoms with Crippen molar-refractivity contribution in [1.82, 2.24) is 5.32 Å². The molecule has 2 unspecified atom stereocenters. The summed E-state index contributed by atoms with van der Waals surface area (Å²) in [6.45, 7) is 1.81. The van der Waals surface area contributed by atoms with E-state index in [9.17, 15) is 5.11 Å². The third kappa shape index (κ3) is 2.40. The molecule has 0 bridgehead atoms. The van der Waals surface area contributed by atoms with Crippen molar-refractivity contribution in [2.24, 2.45) is 0 Å². The van der Waals surface area contributed by atoms with Crippen molar-refractivity contribution in [2.45, 2.75) is 37.3 Å². The normalized spacial score (nSPS) is 32.6. The first-order valence-electron chi connectivity index (χ1n) is 6.37. The van der Waals surface area contributed by atoms with Gasteiger partial charge in [0, 0.05) is 30.5 Å². The molecule has 94 valence electrons. The van der Waals surface area contributed by atoms with E-state index in [-0.39, 0.29) is 0 Å². The lowest BCUT2D eigenvalue weighted by molar-refractivity contribution is 0.0243. The zero-order valence-corrected chi connectivity index (χ0v) is 10.8. The van der Waals surface area contributed by atoms with Crippen molar-refractivity contribution in [3.05, 3.63) is 21.9 Å². The predicted octanol–water partition coefficient (Wildman–Crippen LogP) is 1.87. The van der Waals surface area contributed by atoms with E-state index >= 15 is 0 Å². The van der Waals surface area contributed by atoms with Gasteiger partial charge in [0.15, 0.2) is 0 Å². The number of hydrogen-bond donors (Lipinski definition) is 2. The summed E-state index contributed by atoms with van der Waals surface area (Å²) in [5, 5.41) is 15.9. The summed E-state index contributed by atoms with van der Waals surface area (Å²) < 4.78 is 5.27. The van der Waals surface area contributed by atoms with Crippen molar-refractivity contribution >= 4 is 11.3 Å². The molecule has 1 aromatic heterocycles. The average molecular weight is 253 g/mol. The molecule has 17 heavy (non-hydrogen) atoms. The predicted molar refractivity (Wildman–Crippen MR) is 68.4 cm³/mol. The Morgan fingerprint density at radius 3 is 3.35 bits per heavy atom. The summed E-state index contributed by atoms with van der Waals surface area (Å²) in [5.41, 5.74) is 0.803. The largest absolute Gasteiger partial charge is 0.386 e. The molecule has 0 amide bonds. The molecule has 1 fully saturated rings. The van der Waals surface area contributed by atoms with E-state index in [1.54, 1.807) is 0 Å². The molecule has 0 spiro atoms. The lowest BCUT2D eigenvalue weighted by Crippen LogP contribution is -2.42. The van der Waals surface area contributed by atoms with Gasteiger partial charge in [-0.15, -0.1) is 11.3 Å². The van der Waals surface area contributed by atoms with Crippen LogP contribution < -0.4 is 5.32 Å². The van der Waals surface area contributed by atoms with Crippen LogP contribution in [0.1, 0.15) is 35.7 Å². The van der Waals surface area contributed by atoms with E-state index in [1.807, 2.05) is 11.3 Å². The van der Waals surface area contributed by atoms with E-state index in [4.69, 9.17) is 4.74 Å². The van der Waals surface area contributed by atoms with Crippen LogP contribution in [0.4, 0.5) is 0 Å². The van der Waals surface area contributed by atoms with Crippen LogP contribution >= 0.6 is 11.3 Å². The maximum absolute atomic E-state index is 10.2. The molecule has 1 aliphatic heterocycles. The van der Waals surface area contributed by atoms with Gasteiger partial charge in [0.25, 0.3) is 0 Å². The Balaban J connectivity index is 1.63. The maximum atomic E-state index is 10.2. The van der Waals surface area contributed by atoms with Crippen LogP contribution in [0.5, 0.6) is 0 Å². The molecule has 2 aliphatic rings. The highest BCUT2D eigenvalue weighted by molar-refractivity contribution is 7.10. The van der Waals surface area contributed by atoms with Crippen molar-refractivity contribution < 1.29 is 9.84 Å². The molecule has 2 heterocycles. The van der Waals surface area contributed by atoms with Crippen LogP contribution in [0, 0.1) is 0 Å². The lowest BCUT2D eigenvalue weighted by Gasteiger charge is -2.28. The van der Waals surface area contributed by atoms with Crippen molar-refractivity contribution in [3.8, 4) is 0 Å². The van der Waals surface area contributed by atoms with Crippen molar-refractivity contribution in [3.63, 3.8) is 0 Å². The smallest absolute Gasteiger partial charge is 0.103 e. The van der Waals surface area contributed by atoms with Gasteiger partial charge >= 0.3 is 0 Å². The van der Waals surface area contributed by atoms with Gasteiger partial charge in [-0.2, -0.15) is 0 Å². The number of nitrogens with one attached hydrogen (secondary N) is 1. The molecule has 1 aromatic rings. The molecule has 0 radical (unpaired) electrons. The Morgan fingerprint density at radius 1 is 1.59 bits per heavy atom. The van der Waals surface area contributed by atoms with Crippen molar-refractivity contribution in [1.29, 1.82) is 0 Å². The maximum Gasteiger partial charge on any atom is 0.103 e. The molecule has 3 nitrogen and oxygen atoms in total. The summed E-state index contributed by atoms with van der Waals surface area (Å²) in [4.78, 5) is 1.52. The molecule has 1 saturated heterocycles. The Bertz CT molecular complexity index is 385. The van der Waals surface area contributed by atoms with Gasteiger partial charge in [-0.05, 0) is 36.3 Å². The highest BCUT2D eigenvalue weighted by Gasteiger charge is 2.33. The van der Waals surface area contributed by atoms with E-state index in [1.165, 1.54) is 29.7 Å². The first-order valence-corrected chi connectivity index (χ1v) is 7.25. The minimum atomic E-state index is -0.645. The lowest BCUT2D eigenvalue weighted by atomic mass is 9.93. The van der Waals surface area contributed by atoms with Crippen LogP contribution in [0.2, 0.25) is 0 Å². The summed E-state index contributed by atoms with van der Waals surface area (Å²) in [6.07, 6.45) is 4.41. The van der Waals surface area contributed by atoms with Crippen LogP contribution in [-0.2, 0) is 11.2 Å². The highest BCUT2D eigenvalue weighted by Crippen LogP contribution is 2.33. The second-order valence-electron chi connectivity index (χ2n) is 5.15. The van der Waals surface area contributed by atoms with E-state index < -0.39 is 5.60 Å². The van der Waals surface area contributed by atoms with Gasteiger partial charge < -0.3 is 15.2 Å². The number of thiophene rings is 1. The SMILES string of the molecule is OC1(CNC2CCCc3sccc32)CCOC1. The minimum absolute atomic E-state index is 0.426. The second kappa shape index (κ2) is 4.69. The third-order valence-electron chi connectivity index (χ3n) is 3.81. The van der Waals surface area contributed by atoms with Gasteiger partial charge in [0.1, 0.15) is 5.60 Å². The average Bonchev–Trinajstić information content (AvgIpc) is 2.95. The fourth-order valence-electron chi connectivity index (χ4n) is 2.75. The molecule has 0 saturated carbocycles. The molecule has 4 heteroatoms. The summed E-state index contributed by atoms with van der Waals surface area (Å²) in [7, 11) is 0. The molecular weight excluding hydrogens is 234 g/mol. The van der Waals surface area contributed by atoms with E-state index in [0.29, 0.717) is 25.8 Å². The standard InChI is InChI=1S/C13H19NO2S/c15-13(5-6-16-9-13)8-14-11-2-1-3-12-10(11)4-7-17-12/h4,7,11,14-15H,1-3,5-6,8-9H2. The zero-order valence-electron chi connectivity index (χ0n) is 9.95. The van der Waals surface area contributed by atoms with Crippen LogP contribution in [0.15, 0.2) is 11.4 Å². The van der Waals surface area contributed by atoms with Gasteiger partial charge in [-0.1, -0.05) is 0 Å². The monoisotopic (exact) mass is 253 g/mol. The Kier molecular flexibility index (Phi) is 3.21. The third-order valence-corrected chi connectivity index (χ3v) is 4.81. The Morgan fingerprint density at radius 2 is 2.53 bits per heavy atom. The van der Waals surface area contributed by atoms with Crippen LogP contribution in [-0.4, -0.2) is 30.5 Å². The molecule has 2 N–H and O–H groups in total. The fraction of sp³-hybridized carbons (Fsp3) is 0.692. The Hall–Kier alpha value is -0.420. The van der Waals surface area contributed by atoms with Gasteiger partial charge in [-0.3, -0.25) is 0 Å². The first kappa shape index (κ1) is 11.7. The number of fused-ring (bicyclic) bond motifs is 1. The Labute approximate surface area is 106 Å². The molecule has 3 rings (SSSR count). The molecule has 2 atom stereocenters. The number of aryl methyl sites for hydroxylation is 1. The molecular formula is C13H19NO2S. The van der Waals surface area contributed by atoms with Crippen molar-refractivity contribution in [2.75, 3.05) is 19.8 Å². The van der Waals surface area contributed by atoms with E-state index in [0.717, 1.165) is 6.42 Å². The summed E-state index contributed by atoms with van der Waals surface area (Å²) in [5.74, 6) is 0. The fourth-order valence-corrected chi connectivity index (χ4v) is 3.74. The first-order chi connectivity index (χ1) is 8.27. The number of hydrogen-bond acceptors (Lipinski definition) is 4. The molecule has 1 aliphatic carbocycles. The number of ether oxygens (including phenoxy) is 1. The van der Waals surface area contributed by atoms with Gasteiger partial charge in [0.05, 0.1) is 6.61 Å². The highest BCUT2D eigenvalue weighted by atomic mass is 32.1. The number of aliphatic hydroxyl groups is 1. The zero-order chi connectivity index (χ0) is 11.7. The van der Waals surface area contributed by atoms with E-state index in [2.05, 4.69) is 16.8 Å². The quantitative estimate of drug-likeness (QED) is 0.864. The second-order valence-corrected chi connectivity index (χ2v) is 6.15. The van der Waals surface area contributed by atoms with Crippen LogP contribution in [0.25, 0.3) is 0 Å². The summed E-state index contributed by atoms with van der Waals surface area (Å²) in [6, 6.07) is 2.65. The molecule has 0 aromatic carbocycles. The van der Waals surface area contributed by atoms with Gasteiger partial charge in [0.2, 0.25) is 0 Å².